The molecule has 1 aromatic carbocycles. The highest BCUT2D eigenvalue weighted by Gasteiger charge is 2.35. The Morgan fingerprint density at radius 2 is 1.76 bits per heavy atom. The van der Waals surface area contributed by atoms with E-state index in [9.17, 15) is 14.4 Å². The lowest BCUT2D eigenvalue weighted by Gasteiger charge is -2.32. The highest BCUT2D eigenvalue weighted by atomic mass is 16.5. The topological polar surface area (TPSA) is 113 Å². The van der Waals surface area contributed by atoms with E-state index in [1.54, 1.807) is 0 Å². The number of amides is 1. The fraction of sp³-hybridized carbons (Fsp3) is 0.357. The molecule has 0 unspecified atom stereocenters. The maximum absolute atomic E-state index is 12.1. The van der Waals surface area contributed by atoms with Gasteiger partial charge in [-0.05, 0) is 31.0 Å². The van der Waals surface area contributed by atoms with Crippen LogP contribution in [0, 0.1) is 5.92 Å². The molecule has 112 valence electrons. The highest BCUT2D eigenvalue weighted by Crippen LogP contribution is 2.28. The lowest BCUT2D eigenvalue weighted by molar-refractivity contribution is -0.145. The Hall–Kier alpha value is -2.57. The SMILES string of the molecule is COc1cc(C(=O)O)cc(C(=O)NC2CC(C(=O)O)C2)c1. The number of hydrogen-bond donors (Lipinski definition) is 3. The molecule has 0 saturated heterocycles. The molecular weight excluding hydrogens is 278 g/mol. The van der Waals surface area contributed by atoms with Gasteiger partial charge in [0.05, 0.1) is 18.6 Å². The number of carboxylic acid groups (broad SMARTS) is 2. The fourth-order valence-electron chi connectivity index (χ4n) is 2.18. The van der Waals surface area contributed by atoms with E-state index in [1.165, 1.54) is 25.3 Å². The molecular formula is C14H15NO6. The first kappa shape index (κ1) is 14.8. The summed E-state index contributed by atoms with van der Waals surface area (Å²) in [4.78, 5) is 33.8. The molecule has 1 aliphatic carbocycles. The van der Waals surface area contributed by atoms with Gasteiger partial charge in [0.1, 0.15) is 5.75 Å². The van der Waals surface area contributed by atoms with Gasteiger partial charge < -0.3 is 20.3 Å². The molecule has 1 fully saturated rings. The van der Waals surface area contributed by atoms with Crippen molar-refractivity contribution in [2.75, 3.05) is 7.11 Å². The molecule has 0 spiro atoms. The highest BCUT2D eigenvalue weighted by molar-refractivity contribution is 5.98. The van der Waals surface area contributed by atoms with Crippen LogP contribution >= 0.6 is 0 Å². The van der Waals surface area contributed by atoms with Crippen LogP contribution in [0.2, 0.25) is 0 Å². The number of aliphatic carboxylic acids is 1. The van der Waals surface area contributed by atoms with Crippen LogP contribution in [-0.2, 0) is 4.79 Å². The fourth-order valence-corrected chi connectivity index (χ4v) is 2.18. The van der Waals surface area contributed by atoms with Crippen LogP contribution < -0.4 is 10.1 Å². The van der Waals surface area contributed by atoms with Crippen LogP contribution in [-0.4, -0.2) is 41.2 Å². The molecule has 1 aliphatic rings. The molecule has 0 aromatic heterocycles. The summed E-state index contributed by atoms with van der Waals surface area (Å²) in [5.41, 5.74) is 0.127. The Kier molecular flexibility index (Phi) is 4.11. The number of carbonyl (C=O) groups is 3. The van der Waals surface area contributed by atoms with Crippen LogP contribution in [0.5, 0.6) is 5.75 Å². The maximum atomic E-state index is 12.1. The Bertz CT molecular complexity index is 591. The van der Waals surface area contributed by atoms with E-state index in [0.717, 1.165) is 0 Å². The molecule has 7 nitrogen and oxygen atoms in total. The Morgan fingerprint density at radius 1 is 1.14 bits per heavy atom. The standard InChI is InChI=1S/C14H15NO6/c1-21-11-5-7(2-8(6-11)13(17)18)12(16)15-10-3-9(4-10)14(19)20/h2,5-6,9-10H,3-4H2,1H3,(H,15,16)(H,17,18)(H,19,20). The first-order valence-corrected chi connectivity index (χ1v) is 6.36. The minimum atomic E-state index is -1.16. The van der Waals surface area contributed by atoms with E-state index in [0.29, 0.717) is 12.8 Å². The van der Waals surface area contributed by atoms with Gasteiger partial charge in [-0.15, -0.1) is 0 Å². The van der Waals surface area contributed by atoms with Gasteiger partial charge in [0.25, 0.3) is 5.91 Å². The van der Waals surface area contributed by atoms with Crippen LogP contribution in [0.15, 0.2) is 18.2 Å². The van der Waals surface area contributed by atoms with E-state index >= 15 is 0 Å². The summed E-state index contributed by atoms with van der Waals surface area (Å²) in [5.74, 6) is -2.61. The van der Waals surface area contributed by atoms with Crippen molar-refractivity contribution in [3.8, 4) is 5.75 Å². The van der Waals surface area contributed by atoms with Crippen molar-refractivity contribution < 1.29 is 29.3 Å². The van der Waals surface area contributed by atoms with Crippen LogP contribution in [0.4, 0.5) is 0 Å². The van der Waals surface area contributed by atoms with Crippen molar-refractivity contribution in [3.05, 3.63) is 29.3 Å². The van der Waals surface area contributed by atoms with E-state index in [-0.39, 0.29) is 22.9 Å². The molecule has 0 bridgehead atoms. The number of benzene rings is 1. The summed E-state index contributed by atoms with van der Waals surface area (Å²) >= 11 is 0. The molecule has 0 heterocycles. The van der Waals surface area contributed by atoms with Crippen molar-refractivity contribution in [1.82, 2.24) is 5.32 Å². The zero-order valence-electron chi connectivity index (χ0n) is 11.3. The van der Waals surface area contributed by atoms with Gasteiger partial charge in [0.2, 0.25) is 0 Å². The smallest absolute Gasteiger partial charge is 0.335 e. The third-order valence-electron chi connectivity index (χ3n) is 3.47. The van der Waals surface area contributed by atoms with Gasteiger partial charge in [-0.3, -0.25) is 9.59 Å². The quantitative estimate of drug-likeness (QED) is 0.746. The zero-order chi connectivity index (χ0) is 15.6. The molecule has 0 atom stereocenters. The number of carbonyl (C=O) groups excluding carboxylic acids is 1. The molecule has 1 saturated carbocycles. The summed E-state index contributed by atoms with van der Waals surface area (Å²) in [7, 11) is 1.38. The predicted molar refractivity (Wildman–Crippen MR) is 71.6 cm³/mol. The van der Waals surface area contributed by atoms with Crippen molar-refractivity contribution in [2.45, 2.75) is 18.9 Å². The second-order valence-corrected chi connectivity index (χ2v) is 4.93. The second kappa shape index (κ2) is 5.82. The average molecular weight is 293 g/mol. The summed E-state index contributed by atoms with van der Waals surface area (Å²) < 4.78 is 4.97. The lowest BCUT2D eigenvalue weighted by Crippen LogP contribution is -2.46. The van der Waals surface area contributed by atoms with Crippen molar-refractivity contribution in [3.63, 3.8) is 0 Å². The molecule has 1 aromatic rings. The monoisotopic (exact) mass is 293 g/mol. The first-order chi connectivity index (χ1) is 9.90. The third kappa shape index (κ3) is 3.31. The normalized spacial score (nSPS) is 20.2. The zero-order valence-corrected chi connectivity index (χ0v) is 11.3. The van der Waals surface area contributed by atoms with Gasteiger partial charge in [0, 0.05) is 11.6 Å². The minimum Gasteiger partial charge on any atom is -0.497 e. The van der Waals surface area contributed by atoms with Gasteiger partial charge in [-0.25, -0.2) is 4.79 Å². The van der Waals surface area contributed by atoms with E-state index in [1.807, 2.05) is 0 Å². The number of rotatable bonds is 5. The van der Waals surface area contributed by atoms with E-state index < -0.39 is 23.8 Å². The van der Waals surface area contributed by atoms with Gasteiger partial charge in [-0.2, -0.15) is 0 Å². The number of hydrogen-bond acceptors (Lipinski definition) is 4. The molecule has 3 N–H and O–H groups in total. The van der Waals surface area contributed by atoms with Crippen molar-refractivity contribution >= 4 is 17.8 Å². The lowest BCUT2D eigenvalue weighted by atomic mass is 9.80. The molecule has 1 amide bonds. The second-order valence-electron chi connectivity index (χ2n) is 4.93. The predicted octanol–water partition coefficient (Wildman–Crippen LogP) is 0.986. The average Bonchev–Trinajstić information content (AvgIpc) is 2.40. The largest absolute Gasteiger partial charge is 0.497 e. The van der Waals surface area contributed by atoms with Crippen LogP contribution in [0.3, 0.4) is 0 Å². The van der Waals surface area contributed by atoms with E-state index in [4.69, 9.17) is 14.9 Å². The van der Waals surface area contributed by atoms with Crippen molar-refractivity contribution in [1.29, 1.82) is 0 Å². The van der Waals surface area contributed by atoms with Gasteiger partial charge in [-0.1, -0.05) is 0 Å². The first-order valence-electron chi connectivity index (χ1n) is 6.36. The molecule has 2 rings (SSSR count). The van der Waals surface area contributed by atoms with Crippen LogP contribution in [0.1, 0.15) is 33.6 Å². The molecule has 7 heteroatoms. The number of ether oxygens (including phenoxy) is 1. The summed E-state index contributed by atoms with van der Waals surface area (Å²) in [6.07, 6.45) is 0.771. The molecule has 21 heavy (non-hydrogen) atoms. The summed E-state index contributed by atoms with van der Waals surface area (Å²) in [6, 6.07) is 3.82. The van der Waals surface area contributed by atoms with Crippen LogP contribution in [0.25, 0.3) is 0 Å². The maximum Gasteiger partial charge on any atom is 0.335 e. The van der Waals surface area contributed by atoms with E-state index in [2.05, 4.69) is 5.32 Å². The Morgan fingerprint density at radius 3 is 2.29 bits per heavy atom. The summed E-state index contributed by atoms with van der Waals surface area (Å²) in [6.45, 7) is 0. The number of methoxy groups -OCH3 is 1. The van der Waals surface area contributed by atoms with Crippen molar-refractivity contribution in [2.24, 2.45) is 5.92 Å². The molecule has 0 radical (unpaired) electrons. The molecule has 0 aliphatic heterocycles. The number of carboxylic acids is 2. The summed E-state index contributed by atoms with van der Waals surface area (Å²) in [5, 5.41) is 20.5. The Balaban J connectivity index is 2.07. The van der Waals surface area contributed by atoms with Gasteiger partial charge in [0.15, 0.2) is 0 Å². The minimum absolute atomic E-state index is 0.0449. The van der Waals surface area contributed by atoms with Gasteiger partial charge >= 0.3 is 11.9 Å². The number of aromatic carboxylic acids is 1. The Labute approximate surface area is 120 Å². The third-order valence-corrected chi connectivity index (χ3v) is 3.47. The number of nitrogens with one attached hydrogen (secondary N) is 1.